The van der Waals surface area contributed by atoms with Gasteiger partial charge in [0, 0.05) is 9.26 Å². The summed E-state index contributed by atoms with van der Waals surface area (Å²) in [6.45, 7) is 1.97. The van der Waals surface area contributed by atoms with Gasteiger partial charge in [0.2, 0.25) is 0 Å². The summed E-state index contributed by atoms with van der Waals surface area (Å²) in [6, 6.07) is 6.78. The Morgan fingerprint density at radius 1 is 1.35 bits per heavy atom. The second-order valence-electron chi connectivity index (χ2n) is 3.49. The molecule has 2 aromatic rings. The minimum absolute atomic E-state index is 0.0492. The van der Waals surface area contributed by atoms with Crippen LogP contribution in [-0.2, 0) is 10.0 Å². The van der Waals surface area contributed by atoms with Crippen molar-refractivity contribution in [3.8, 4) is 0 Å². The predicted octanol–water partition coefficient (Wildman–Crippen LogP) is 2.12. The molecule has 1 aromatic carbocycles. The third-order valence-electron chi connectivity index (χ3n) is 2.19. The van der Waals surface area contributed by atoms with E-state index in [2.05, 4.69) is 37.5 Å². The van der Waals surface area contributed by atoms with Gasteiger partial charge in [0.1, 0.15) is 0 Å². The van der Waals surface area contributed by atoms with Crippen LogP contribution < -0.4 is 4.72 Å². The molecule has 0 radical (unpaired) electrons. The van der Waals surface area contributed by atoms with Crippen LogP contribution >= 0.6 is 22.6 Å². The number of sulfonamides is 1. The number of rotatable bonds is 3. The maximum absolute atomic E-state index is 11.9. The standard InChI is InChI=1S/C10H10IN3O2S/c1-7-2-3-8(6-9(7)11)14-17(15,16)10-4-5-12-13-10/h2-6,14H,1H3,(H,12,13). The van der Waals surface area contributed by atoms with Crippen LogP contribution in [0.2, 0.25) is 0 Å². The first kappa shape index (κ1) is 12.4. The smallest absolute Gasteiger partial charge is 0.278 e. The molecular formula is C10H10IN3O2S. The topological polar surface area (TPSA) is 74.8 Å². The van der Waals surface area contributed by atoms with E-state index in [1.165, 1.54) is 12.3 Å². The molecule has 90 valence electrons. The molecule has 0 bridgehead atoms. The highest BCUT2D eigenvalue weighted by Crippen LogP contribution is 2.19. The van der Waals surface area contributed by atoms with Crippen molar-refractivity contribution >= 4 is 38.3 Å². The van der Waals surface area contributed by atoms with Crippen LogP contribution in [-0.4, -0.2) is 18.6 Å². The molecular weight excluding hydrogens is 353 g/mol. The number of aryl methyl sites for hydroxylation is 1. The Labute approximate surface area is 113 Å². The van der Waals surface area contributed by atoms with Gasteiger partial charge in [-0.15, -0.1) is 0 Å². The molecule has 0 unspecified atom stereocenters. The lowest BCUT2D eigenvalue weighted by atomic mass is 10.2. The molecule has 1 heterocycles. The lowest BCUT2D eigenvalue weighted by Crippen LogP contribution is -2.13. The molecule has 0 saturated carbocycles. The molecule has 2 N–H and O–H groups in total. The van der Waals surface area contributed by atoms with Crippen LogP contribution in [0.4, 0.5) is 5.69 Å². The first-order valence-corrected chi connectivity index (χ1v) is 7.33. The monoisotopic (exact) mass is 363 g/mol. The van der Waals surface area contributed by atoms with E-state index in [4.69, 9.17) is 0 Å². The molecule has 0 fully saturated rings. The van der Waals surface area contributed by atoms with Gasteiger partial charge in [-0.3, -0.25) is 9.82 Å². The average Bonchev–Trinajstić information content (AvgIpc) is 2.77. The van der Waals surface area contributed by atoms with Crippen molar-refractivity contribution in [2.24, 2.45) is 0 Å². The summed E-state index contributed by atoms with van der Waals surface area (Å²) >= 11 is 2.16. The Kier molecular flexibility index (Phi) is 3.38. The SMILES string of the molecule is Cc1ccc(NS(=O)(=O)c2ccn[nH]2)cc1I. The van der Waals surface area contributed by atoms with Crippen molar-refractivity contribution in [3.63, 3.8) is 0 Å². The highest BCUT2D eigenvalue weighted by atomic mass is 127. The number of aromatic amines is 1. The van der Waals surface area contributed by atoms with E-state index < -0.39 is 10.0 Å². The molecule has 0 aliphatic carbocycles. The summed E-state index contributed by atoms with van der Waals surface area (Å²) in [4.78, 5) is 0. The zero-order chi connectivity index (χ0) is 12.5. The van der Waals surface area contributed by atoms with E-state index in [1.54, 1.807) is 12.1 Å². The van der Waals surface area contributed by atoms with Gasteiger partial charge in [0.05, 0.1) is 6.20 Å². The maximum Gasteiger partial charge on any atom is 0.278 e. The van der Waals surface area contributed by atoms with Gasteiger partial charge in [0.15, 0.2) is 5.03 Å². The Hall–Kier alpha value is -1.09. The molecule has 17 heavy (non-hydrogen) atoms. The van der Waals surface area contributed by atoms with Crippen molar-refractivity contribution < 1.29 is 8.42 Å². The molecule has 7 heteroatoms. The maximum atomic E-state index is 11.9. The fraction of sp³-hybridized carbons (Fsp3) is 0.100. The molecule has 0 aliphatic rings. The number of anilines is 1. The molecule has 0 aliphatic heterocycles. The molecule has 0 saturated heterocycles. The summed E-state index contributed by atoms with van der Waals surface area (Å²) in [5.74, 6) is 0. The van der Waals surface area contributed by atoms with Crippen LogP contribution in [0.15, 0.2) is 35.5 Å². The lowest BCUT2D eigenvalue weighted by molar-refractivity contribution is 0.597. The van der Waals surface area contributed by atoms with E-state index >= 15 is 0 Å². The second kappa shape index (κ2) is 4.65. The largest absolute Gasteiger partial charge is 0.278 e. The molecule has 1 aromatic heterocycles. The number of aromatic nitrogens is 2. The van der Waals surface area contributed by atoms with Gasteiger partial charge in [-0.25, -0.2) is 0 Å². The molecule has 5 nitrogen and oxygen atoms in total. The predicted molar refractivity (Wildman–Crippen MR) is 73.3 cm³/mol. The summed E-state index contributed by atoms with van der Waals surface area (Å²) in [7, 11) is -3.57. The van der Waals surface area contributed by atoms with Gasteiger partial charge in [0.25, 0.3) is 10.0 Å². The third kappa shape index (κ3) is 2.78. The minimum Gasteiger partial charge on any atom is -0.278 e. The Bertz CT molecular complexity index is 623. The quantitative estimate of drug-likeness (QED) is 0.821. The number of nitrogens with one attached hydrogen (secondary N) is 2. The number of halogens is 1. The highest BCUT2D eigenvalue weighted by molar-refractivity contribution is 14.1. The highest BCUT2D eigenvalue weighted by Gasteiger charge is 2.15. The second-order valence-corrected chi connectivity index (χ2v) is 6.30. The zero-order valence-corrected chi connectivity index (χ0v) is 11.9. The Morgan fingerprint density at radius 3 is 2.71 bits per heavy atom. The number of hydrogen-bond acceptors (Lipinski definition) is 3. The van der Waals surface area contributed by atoms with Gasteiger partial charge < -0.3 is 0 Å². The van der Waals surface area contributed by atoms with Crippen molar-refractivity contribution in [2.75, 3.05) is 4.72 Å². The first-order valence-electron chi connectivity index (χ1n) is 4.77. The number of H-pyrrole nitrogens is 1. The van der Waals surface area contributed by atoms with Crippen LogP contribution in [0.3, 0.4) is 0 Å². The van der Waals surface area contributed by atoms with E-state index in [1.807, 2.05) is 13.0 Å². The Morgan fingerprint density at radius 2 is 2.12 bits per heavy atom. The fourth-order valence-corrected chi connectivity index (χ4v) is 2.73. The lowest BCUT2D eigenvalue weighted by Gasteiger charge is -2.07. The zero-order valence-electron chi connectivity index (χ0n) is 8.94. The van der Waals surface area contributed by atoms with Crippen LogP contribution in [0, 0.1) is 10.5 Å². The summed E-state index contributed by atoms with van der Waals surface area (Å²) < 4.78 is 27.2. The molecule has 0 atom stereocenters. The fourth-order valence-electron chi connectivity index (χ4n) is 1.26. The van der Waals surface area contributed by atoms with Crippen LogP contribution in [0.1, 0.15) is 5.56 Å². The van der Waals surface area contributed by atoms with Crippen molar-refractivity contribution in [1.29, 1.82) is 0 Å². The number of nitrogens with zero attached hydrogens (tertiary/aromatic N) is 1. The average molecular weight is 363 g/mol. The summed E-state index contributed by atoms with van der Waals surface area (Å²) in [5, 5.41) is 6.09. The first-order chi connectivity index (χ1) is 7.99. The number of hydrogen-bond donors (Lipinski definition) is 2. The molecule has 0 spiro atoms. The van der Waals surface area contributed by atoms with Gasteiger partial charge in [-0.05, 0) is 53.3 Å². The van der Waals surface area contributed by atoms with E-state index in [-0.39, 0.29) is 5.03 Å². The van der Waals surface area contributed by atoms with Gasteiger partial charge >= 0.3 is 0 Å². The van der Waals surface area contributed by atoms with Crippen LogP contribution in [0.25, 0.3) is 0 Å². The van der Waals surface area contributed by atoms with Crippen molar-refractivity contribution in [1.82, 2.24) is 10.2 Å². The van der Waals surface area contributed by atoms with Crippen molar-refractivity contribution in [3.05, 3.63) is 39.6 Å². The number of benzene rings is 1. The molecule has 0 amide bonds. The van der Waals surface area contributed by atoms with E-state index in [9.17, 15) is 8.42 Å². The third-order valence-corrected chi connectivity index (χ3v) is 4.66. The summed E-state index contributed by atoms with van der Waals surface area (Å²) in [6.07, 6.45) is 1.40. The van der Waals surface area contributed by atoms with Gasteiger partial charge in [-0.2, -0.15) is 13.5 Å². The van der Waals surface area contributed by atoms with E-state index in [0.717, 1.165) is 9.13 Å². The van der Waals surface area contributed by atoms with E-state index in [0.29, 0.717) is 5.69 Å². The Balaban J connectivity index is 2.30. The normalized spacial score (nSPS) is 11.4. The van der Waals surface area contributed by atoms with Gasteiger partial charge in [-0.1, -0.05) is 6.07 Å². The summed E-state index contributed by atoms with van der Waals surface area (Å²) in [5.41, 5.74) is 1.64. The minimum atomic E-state index is -3.57. The van der Waals surface area contributed by atoms with Crippen LogP contribution in [0.5, 0.6) is 0 Å². The van der Waals surface area contributed by atoms with Crippen molar-refractivity contribution in [2.45, 2.75) is 11.9 Å². The molecule has 2 rings (SSSR count).